The van der Waals surface area contributed by atoms with E-state index in [9.17, 15) is 8.42 Å². The van der Waals surface area contributed by atoms with Crippen LogP contribution in [0.4, 0.5) is 17.1 Å². The first kappa shape index (κ1) is 30.3. The number of likely N-dealkylation sites (N-methyl/N-ethyl adjacent to an activating group) is 1. The number of unbranched alkanes of at least 4 members (excludes halogenated alkanes) is 2. The van der Waals surface area contributed by atoms with Crippen molar-refractivity contribution in [1.82, 2.24) is 4.90 Å². The monoisotopic (exact) mass is 543 g/mol. The van der Waals surface area contributed by atoms with Crippen LogP contribution in [0.1, 0.15) is 66.2 Å². The smallest absolute Gasteiger partial charge is 0.181 e. The second-order valence-corrected chi connectivity index (χ2v) is 12.9. The molecular weight excluding hydrogens is 494 g/mol. The van der Waals surface area contributed by atoms with Crippen LogP contribution in [0.3, 0.4) is 0 Å². The Hall–Kier alpha value is -2.25. The molecule has 0 amide bonds. The van der Waals surface area contributed by atoms with Crippen LogP contribution in [0.5, 0.6) is 5.75 Å². The molecule has 0 saturated heterocycles. The first-order valence-electron chi connectivity index (χ1n) is 14.5. The van der Waals surface area contributed by atoms with Crippen molar-refractivity contribution in [2.75, 3.05) is 62.4 Å². The van der Waals surface area contributed by atoms with Crippen molar-refractivity contribution in [2.24, 2.45) is 5.41 Å². The summed E-state index contributed by atoms with van der Waals surface area (Å²) in [5, 5.41) is 0. The molecule has 0 aromatic heterocycles. The second-order valence-electron chi connectivity index (χ2n) is 11.0. The molecule has 2 aromatic rings. The Morgan fingerprint density at radius 3 is 2.11 bits per heavy atom. The highest BCUT2D eigenvalue weighted by Gasteiger charge is 2.42. The summed E-state index contributed by atoms with van der Waals surface area (Å²) in [6.45, 7) is 13.0. The summed E-state index contributed by atoms with van der Waals surface area (Å²) in [7, 11) is 0.536. The number of sulfone groups is 1. The minimum atomic E-state index is -3.45. The molecular formula is C31H49N3O3S. The first-order valence-corrected chi connectivity index (χ1v) is 16.1. The van der Waals surface area contributed by atoms with Crippen molar-refractivity contribution in [2.45, 2.75) is 71.1 Å². The number of anilines is 3. The van der Waals surface area contributed by atoms with Crippen molar-refractivity contribution in [3.8, 4) is 5.75 Å². The van der Waals surface area contributed by atoms with Crippen molar-refractivity contribution >= 4 is 26.9 Å². The third-order valence-electron chi connectivity index (χ3n) is 7.91. The van der Waals surface area contributed by atoms with E-state index < -0.39 is 9.84 Å². The number of hydrogen-bond donors (Lipinski definition) is 0. The highest BCUT2D eigenvalue weighted by atomic mass is 32.2. The number of rotatable bonds is 14. The summed E-state index contributed by atoms with van der Waals surface area (Å²) >= 11 is 0. The van der Waals surface area contributed by atoms with Gasteiger partial charge in [0.05, 0.1) is 16.3 Å². The zero-order valence-electron chi connectivity index (χ0n) is 24.5. The highest BCUT2D eigenvalue weighted by molar-refractivity contribution is 7.91. The maximum Gasteiger partial charge on any atom is 0.181 e. The first-order chi connectivity index (χ1) is 18.2. The van der Waals surface area contributed by atoms with E-state index in [0.29, 0.717) is 18.0 Å². The molecule has 7 heteroatoms. The number of hydrogen-bond acceptors (Lipinski definition) is 6. The Labute approximate surface area is 231 Å². The van der Waals surface area contributed by atoms with Crippen molar-refractivity contribution in [1.29, 1.82) is 0 Å². The molecule has 2 aromatic carbocycles. The maximum atomic E-state index is 13.9. The van der Waals surface area contributed by atoms with Crippen LogP contribution in [-0.4, -0.2) is 66.0 Å². The third-order valence-corrected chi connectivity index (χ3v) is 9.92. The standard InChI is InChI=1S/C31H49N3O3S/c1-7-11-19-31(20-12-8-2)24-34(26-13-16-28(17-14-26)37-22-21-33(9-3)10-4)29-23-27(32(5)6)15-18-30(29)38(35,36)25-31/h13-18,23H,7-12,19-22,24-25H2,1-6H3. The zero-order valence-corrected chi connectivity index (χ0v) is 25.3. The molecule has 0 spiro atoms. The van der Waals surface area contributed by atoms with E-state index in [-0.39, 0.29) is 11.2 Å². The molecule has 0 unspecified atom stereocenters. The predicted octanol–water partition coefficient (Wildman–Crippen LogP) is 6.77. The molecule has 38 heavy (non-hydrogen) atoms. The molecule has 0 aliphatic carbocycles. The fourth-order valence-corrected chi connectivity index (χ4v) is 7.63. The number of fused-ring (bicyclic) bond motifs is 1. The van der Waals surface area contributed by atoms with Crippen molar-refractivity contribution in [3.05, 3.63) is 42.5 Å². The highest BCUT2D eigenvalue weighted by Crippen LogP contribution is 2.46. The van der Waals surface area contributed by atoms with Crippen LogP contribution in [0.25, 0.3) is 0 Å². The van der Waals surface area contributed by atoms with Gasteiger partial charge < -0.3 is 19.4 Å². The molecule has 0 saturated carbocycles. The van der Waals surface area contributed by atoms with Gasteiger partial charge in [-0.1, -0.05) is 53.4 Å². The van der Waals surface area contributed by atoms with Gasteiger partial charge in [-0.05, 0) is 68.4 Å². The molecule has 1 aliphatic rings. The molecule has 0 atom stereocenters. The Bertz CT molecular complexity index is 1100. The van der Waals surface area contributed by atoms with Gasteiger partial charge in [0.1, 0.15) is 12.4 Å². The van der Waals surface area contributed by atoms with Crippen LogP contribution in [-0.2, 0) is 9.84 Å². The quantitative estimate of drug-likeness (QED) is 0.262. The van der Waals surface area contributed by atoms with Crippen LogP contribution < -0.4 is 14.5 Å². The normalized spacial score (nSPS) is 16.2. The minimum absolute atomic E-state index is 0.206. The molecule has 0 bridgehead atoms. The molecule has 0 radical (unpaired) electrons. The van der Waals surface area contributed by atoms with Gasteiger partial charge in [0, 0.05) is 44.0 Å². The Morgan fingerprint density at radius 2 is 1.55 bits per heavy atom. The summed E-state index contributed by atoms with van der Waals surface area (Å²) in [4.78, 5) is 7.08. The van der Waals surface area contributed by atoms with Gasteiger partial charge in [-0.3, -0.25) is 0 Å². The Morgan fingerprint density at radius 1 is 0.921 bits per heavy atom. The topological polar surface area (TPSA) is 53.1 Å². The summed E-state index contributed by atoms with van der Waals surface area (Å²) in [6, 6.07) is 14.0. The fraction of sp³-hybridized carbons (Fsp3) is 0.613. The molecule has 212 valence electrons. The lowest BCUT2D eigenvalue weighted by molar-refractivity contribution is 0.223. The summed E-state index contributed by atoms with van der Waals surface area (Å²) < 4.78 is 33.9. The lowest BCUT2D eigenvalue weighted by Crippen LogP contribution is -2.38. The summed E-state index contributed by atoms with van der Waals surface area (Å²) in [6.07, 6.45) is 6.02. The Kier molecular flexibility index (Phi) is 10.9. The van der Waals surface area contributed by atoms with Crippen molar-refractivity contribution < 1.29 is 13.2 Å². The summed E-state index contributed by atoms with van der Waals surface area (Å²) in [5.74, 6) is 1.05. The lowest BCUT2D eigenvalue weighted by Gasteiger charge is -2.37. The van der Waals surface area contributed by atoms with Gasteiger partial charge in [-0.15, -0.1) is 0 Å². The molecule has 1 aliphatic heterocycles. The van der Waals surface area contributed by atoms with E-state index in [2.05, 4.69) is 49.6 Å². The van der Waals surface area contributed by atoms with Crippen LogP contribution in [0.15, 0.2) is 47.4 Å². The van der Waals surface area contributed by atoms with E-state index in [1.807, 2.05) is 49.3 Å². The second kappa shape index (κ2) is 13.7. The lowest BCUT2D eigenvalue weighted by atomic mass is 9.79. The average Bonchev–Trinajstić information content (AvgIpc) is 3.01. The summed E-state index contributed by atoms with van der Waals surface area (Å²) in [5.41, 5.74) is 2.49. The van der Waals surface area contributed by atoms with Gasteiger partial charge >= 0.3 is 0 Å². The SMILES string of the molecule is CCCCC1(CCCC)CN(c2ccc(OCCN(CC)CC)cc2)c2cc(N(C)C)ccc2S(=O)(=O)C1. The average molecular weight is 544 g/mol. The van der Waals surface area contributed by atoms with Gasteiger partial charge in [0.25, 0.3) is 0 Å². The maximum absolute atomic E-state index is 13.9. The van der Waals surface area contributed by atoms with E-state index in [1.54, 1.807) is 0 Å². The number of ether oxygens (including phenoxy) is 1. The van der Waals surface area contributed by atoms with Crippen molar-refractivity contribution in [3.63, 3.8) is 0 Å². The molecule has 6 nitrogen and oxygen atoms in total. The molecule has 0 N–H and O–H groups in total. The van der Waals surface area contributed by atoms with Crippen LogP contribution >= 0.6 is 0 Å². The van der Waals surface area contributed by atoms with Gasteiger partial charge in [-0.25, -0.2) is 8.42 Å². The number of nitrogens with zero attached hydrogens (tertiary/aromatic N) is 3. The van der Waals surface area contributed by atoms with Crippen LogP contribution in [0, 0.1) is 5.41 Å². The van der Waals surface area contributed by atoms with Crippen LogP contribution in [0.2, 0.25) is 0 Å². The van der Waals surface area contributed by atoms with Gasteiger partial charge in [0.2, 0.25) is 0 Å². The predicted molar refractivity (Wildman–Crippen MR) is 161 cm³/mol. The fourth-order valence-electron chi connectivity index (χ4n) is 5.52. The Balaban J connectivity index is 2.03. The van der Waals surface area contributed by atoms with E-state index in [0.717, 1.165) is 81.0 Å². The number of benzene rings is 2. The van der Waals surface area contributed by atoms with Gasteiger partial charge in [-0.2, -0.15) is 0 Å². The molecule has 3 rings (SSSR count). The van der Waals surface area contributed by atoms with Gasteiger partial charge in [0.15, 0.2) is 9.84 Å². The molecule has 1 heterocycles. The zero-order chi connectivity index (χ0) is 27.8. The molecule has 0 fully saturated rings. The van der Waals surface area contributed by atoms with E-state index >= 15 is 0 Å². The largest absolute Gasteiger partial charge is 0.492 e. The van der Waals surface area contributed by atoms with E-state index in [4.69, 9.17) is 4.74 Å². The van der Waals surface area contributed by atoms with E-state index in [1.165, 1.54) is 0 Å². The minimum Gasteiger partial charge on any atom is -0.492 e. The third kappa shape index (κ3) is 7.44.